The molecule has 4 aliphatic carbocycles. The third-order valence-electron chi connectivity index (χ3n) is 11.0. The highest BCUT2D eigenvalue weighted by atomic mass is 127. The summed E-state index contributed by atoms with van der Waals surface area (Å²) in [7, 11) is 0. The number of ketones is 2. The smallest absolute Gasteiger partial charge is 0.159 e. The molecule has 0 amide bonds. The monoisotopic (exact) mass is 568 g/mol. The highest BCUT2D eigenvalue weighted by Crippen LogP contribution is 2.67. The zero-order chi connectivity index (χ0) is 24.3. The normalized spacial score (nSPS) is 43.2. The minimum atomic E-state index is -0.449. The molecule has 3 fully saturated rings. The Bertz CT molecular complexity index is 818. The van der Waals surface area contributed by atoms with Gasteiger partial charge in [-0.05, 0) is 103 Å². The van der Waals surface area contributed by atoms with Gasteiger partial charge >= 0.3 is 0 Å². The summed E-state index contributed by atoms with van der Waals surface area (Å²) in [6.45, 7) is 13.7. The molecule has 0 bridgehead atoms. The first-order valence-electron chi connectivity index (χ1n) is 13.6. The Morgan fingerprint density at radius 2 is 1.82 bits per heavy atom. The predicted molar refractivity (Wildman–Crippen MR) is 142 cm³/mol. The van der Waals surface area contributed by atoms with Crippen LogP contribution in [0.25, 0.3) is 0 Å². The Labute approximate surface area is 215 Å². The van der Waals surface area contributed by atoms with E-state index in [2.05, 4.69) is 64.1 Å². The van der Waals surface area contributed by atoms with Gasteiger partial charge in [-0.2, -0.15) is 0 Å². The van der Waals surface area contributed by atoms with Gasteiger partial charge in [0.2, 0.25) is 0 Å². The summed E-state index contributed by atoms with van der Waals surface area (Å²) in [4.78, 5) is 26.7. The fraction of sp³-hybridized carbons (Fsp3) is 0.862. The van der Waals surface area contributed by atoms with E-state index in [1.54, 1.807) is 0 Å². The largest absolute Gasteiger partial charge is 0.389 e. The first-order valence-corrected chi connectivity index (χ1v) is 14.8. The third-order valence-corrected chi connectivity index (χ3v) is 12.7. The molecule has 0 aromatic rings. The van der Waals surface area contributed by atoms with Gasteiger partial charge < -0.3 is 5.11 Å². The Balaban J connectivity index is 1.57. The SMILES string of the molecule is CC[C@H](C(=O)C(I)[C@@H](C)[C@H]1CC[C@H]2[C@@H]3CC(=O)C4=C[C@@H](O)CC[C@]4(C)[C@H]3CC[C@]12C)C(C)C. The van der Waals surface area contributed by atoms with E-state index >= 15 is 0 Å². The Morgan fingerprint density at radius 1 is 1.12 bits per heavy atom. The van der Waals surface area contributed by atoms with Crippen LogP contribution in [0.5, 0.6) is 0 Å². The lowest BCUT2D eigenvalue weighted by Crippen LogP contribution is -2.53. The molecule has 33 heavy (non-hydrogen) atoms. The van der Waals surface area contributed by atoms with Crippen LogP contribution in [0.15, 0.2) is 11.6 Å². The van der Waals surface area contributed by atoms with Crippen LogP contribution >= 0.6 is 22.6 Å². The van der Waals surface area contributed by atoms with Crippen LogP contribution in [0.3, 0.4) is 0 Å². The number of carbonyl (C=O) groups is 2. The van der Waals surface area contributed by atoms with Gasteiger partial charge in [0.15, 0.2) is 5.78 Å². The molecule has 4 heteroatoms. The number of alkyl halides is 1. The Morgan fingerprint density at radius 3 is 2.45 bits per heavy atom. The molecular weight excluding hydrogens is 523 g/mol. The first kappa shape index (κ1) is 25.9. The van der Waals surface area contributed by atoms with Crippen LogP contribution < -0.4 is 0 Å². The minimum absolute atomic E-state index is 0.0579. The number of fused-ring (bicyclic) bond motifs is 5. The standard InChI is InChI=1S/C29H45IO3/c1-7-19(16(2)3)27(33)26(30)17(4)21-8-9-22-20-15-25(32)24-14-18(31)10-12-29(24,6)23(20)11-13-28(21,22)5/h14,16-23,26,31H,7-13,15H2,1-6H3/t17-,18-,19-,20-,21+,22-,23-,26?,28+,29+/m0/s1. The quantitative estimate of drug-likeness (QED) is 0.283. The lowest BCUT2D eigenvalue weighted by Gasteiger charge is -2.58. The fourth-order valence-corrected chi connectivity index (χ4v) is 10.1. The van der Waals surface area contributed by atoms with E-state index in [4.69, 9.17) is 0 Å². The van der Waals surface area contributed by atoms with Crippen LogP contribution in [0.4, 0.5) is 0 Å². The molecule has 4 rings (SSSR count). The van der Waals surface area contributed by atoms with Gasteiger partial charge in [0.1, 0.15) is 5.78 Å². The van der Waals surface area contributed by atoms with Gasteiger partial charge in [-0.15, -0.1) is 0 Å². The van der Waals surface area contributed by atoms with E-state index in [0.717, 1.165) is 24.8 Å². The second-order valence-electron chi connectivity index (χ2n) is 12.8. The zero-order valence-corrected chi connectivity index (χ0v) is 23.7. The van der Waals surface area contributed by atoms with Crippen LogP contribution in [-0.2, 0) is 9.59 Å². The van der Waals surface area contributed by atoms with Gasteiger partial charge in [-0.1, -0.05) is 64.1 Å². The summed E-state index contributed by atoms with van der Waals surface area (Å²) >= 11 is 2.46. The second-order valence-corrected chi connectivity index (χ2v) is 14.1. The highest BCUT2D eigenvalue weighted by molar-refractivity contribution is 14.1. The molecule has 1 unspecified atom stereocenters. The molecule has 3 nitrogen and oxygen atoms in total. The number of Topliss-reactive ketones (excluding diaryl/α,β-unsaturated/α-hetero) is 2. The van der Waals surface area contributed by atoms with Crippen LogP contribution in [-0.4, -0.2) is 26.7 Å². The van der Waals surface area contributed by atoms with Gasteiger partial charge in [-0.3, -0.25) is 9.59 Å². The van der Waals surface area contributed by atoms with Crippen molar-refractivity contribution in [1.82, 2.24) is 0 Å². The Hall–Kier alpha value is -0.230. The van der Waals surface area contributed by atoms with E-state index in [1.165, 1.54) is 25.7 Å². The van der Waals surface area contributed by atoms with Crippen LogP contribution in [0.2, 0.25) is 0 Å². The van der Waals surface area contributed by atoms with E-state index < -0.39 is 6.10 Å². The summed E-state index contributed by atoms with van der Waals surface area (Å²) in [5, 5.41) is 10.2. The molecule has 0 saturated heterocycles. The van der Waals surface area contributed by atoms with Crippen molar-refractivity contribution in [1.29, 1.82) is 0 Å². The molecule has 4 aliphatic rings. The molecule has 1 N–H and O–H groups in total. The number of hydrogen-bond acceptors (Lipinski definition) is 3. The van der Waals surface area contributed by atoms with E-state index in [9.17, 15) is 14.7 Å². The molecular formula is C29H45IO3. The van der Waals surface area contributed by atoms with Crippen molar-refractivity contribution in [3.8, 4) is 0 Å². The number of allylic oxidation sites excluding steroid dienone is 1. The van der Waals surface area contributed by atoms with Crippen LogP contribution in [0, 0.1) is 52.3 Å². The van der Waals surface area contributed by atoms with Crippen molar-refractivity contribution in [3.63, 3.8) is 0 Å². The number of aliphatic hydroxyl groups excluding tert-OH is 1. The van der Waals surface area contributed by atoms with Crippen molar-refractivity contribution in [3.05, 3.63) is 11.6 Å². The van der Waals surface area contributed by atoms with Crippen molar-refractivity contribution >= 4 is 34.2 Å². The highest BCUT2D eigenvalue weighted by Gasteiger charge is 2.61. The molecule has 0 spiro atoms. The number of halogens is 1. The van der Waals surface area contributed by atoms with E-state index in [-0.39, 0.29) is 20.7 Å². The van der Waals surface area contributed by atoms with Gasteiger partial charge in [0.05, 0.1) is 10.0 Å². The number of hydrogen-bond donors (Lipinski definition) is 1. The third kappa shape index (κ3) is 4.11. The molecule has 0 aromatic carbocycles. The number of carbonyl (C=O) groups excluding carboxylic acids is 2. The lowest BCUT2D eigenvalue weighted by atomic mass is 9.46. The minimum Gasteiger partial charge on any atom is -0.389 e. The molecule has 0 radical (unpaired) electrons. The lowest BCUT2D eigenvalue weighted by molar-refractivity contribution is -0.130. The maximum absolute atomic E-state index is 13.4. The maximum Gasteiger partial charge on any atom is 0.159 e. The molecule has 186 valence electrons. The molecule has 10 atom stereocenters. The summed E-state index contributed by atoms with van der Waals surface area (Å²) in [5.74, 6) is 3.87. The summed E-state index contributed by atoms with van der Waals surface area (Å²) < 4.78 is 0.0770. The number of rotatable bonds is 6. The van der Waals surface area contributed by atoms with Gasteiger partial charge in [0, 0.05) is 12.3 Å². The average Bonchev–Trinajstić information content (AvgIpc) is 3.11. The summed E-state index contributed by atoms with van der Waals surface area (Å²) in [6, 6.07) is 0. The second kappa shape index (κ2) is 9.33. The topological polar surface area (TPSA) is 54.4 Å². The average molecular weight is 569 g/mol. The molecule has 0 heterocycles. The molecule has 3 saturated carbocycles. The Kier molecular flexibility index (Phi) is 7.31. The number of aliphatic hydroxyl groups is 1. The van der Waals surface area contributed by atoms with E-state index in [1.807, 2.05) is 6.08 Å². The first-order chi connectivity index (χ1) is 15.5. The van der Waals surface area contributed by atoms with Crippen molar-refractivity contribution in [2.45, 2.75) is 103 Å². The molecule has 0 aliphatic heterocycles. The predicted octanol–water partition coefficient (Wildman–Crippen LogP) is 6.80. The van der Waals surface area contributed by atoms with Gasteiger partial charge in [-0.25, -0.2) is 0 Å². The maximum atomic E-state index is 13.4. The van der Waals surface area contributed by atoms with E-state index in [0.29, 0.717) is 53.5 Å². The summed E-state index contributed by atoms with van der Waals surface area (Å²) in [6.07, 6.45) is 9.56. The van der Waals surface area contributed by atoms with Crippen molar-refractivity contribution in [2.24, 2.45) is 52.3 Å². The zero-order valence-electron chi connectivity index (χ0n) is 21.6. The van der Waals surface area contributed by atoms with Gasteiger partial charge in [0.25, 0.3) is 0 Å². The van der Waals surface area contributed by atoms with Crippen molar-refractivity contribution < 1.29 is 14.7 Å². The molecule has 0 aromatic heterocycles. The van der Waals surface area contributed by atoms with Crippen molar-refractivity contribution in [2.75, 3.05) is 0 Å². The fourth-order valence-electron chi connectivity index (χ4n) is 9.11. The van der Waals surface area contributed by atoms with Crippen LogP contribution in [0.1, 0.15) is 92.9 Å². The summed E-state index contributed by atoms with van der Waals surface area (Å²) in [5.41, 5.74) is 1.11.